The van der Waals surface area contributed by atoms with Crippen molar-refractivity contribution < 1.29 is 48.4 Å². The van der Waals surface area contributed by atoms with Crippen LogP contribution in [-0.4, -0.2) is 56.4 Å². The summed E-state index contributed by atoms with van der Waals surface area (Å²) in [6.45, 7) is 38.3. The number of rotatable bonds is 19. The van der Waals surface area contributed by atoms with Gasteiger partial charge in [-0.1, -0.05) is 184 Å². The van der Waals surface area contributed by atoms with Gasteiger partial charge in [-0.3, -0.25) is 0 Å². The molecule has 0 bridgehead atoms. The molecule has 12 heteroatoms. The Kier molecular flexibility index (Phi) is 24.3. The van der Waals surface area contributed by atoms with Gasteiger partial charge in [0, 0.05) is 79.1 Å². The number of anilines is 4. The number of hydrogen-bond donors (Lipinski definition) is 0. The summed E-state index contributed by atoms with van der Waals surface area (Å²) in [6.07, 6.45) is 0. The Labute approximate surface area is 547 Å². The Morgan fingerprint density at radius 2 is 0.477 bits per heavy atom. The van der Waals surface area contributed by atoms with Crippen molar-refractivity contribution in [1.82, 2.24) is 0 Å². The molecule has 0 unspecified atom stereocenters. The maximum atomic E-state index is 8.49. The Morgan fingerprint density at radius 3 is 0.648 bits per heavy atom. The van der Waals surface area contributed by atoms with Crippen LogP contribution in [0.25, 0.3) is 32.7 Å². The molecule has 0 N–H and O–H groups in total. The second-order valence-electron chi connectivity index (χ2n) is 27.1. The standard InChI is InChI=1S/C76H100N4P2.ClHO4.Rh/c1-45(2)61-37-55(38-62(46(3)4)73(61)77(17)18)81(56-39-63(47(5)6)74(78(19)20)64(40-56)48(7)8)69-35-33-53-29-25-27-31-59(53)71(69)72-60-32-28-26-30-54(60)34-36-70(72)82(57-41-65(49(9)10)75(79(21)22)66(42-57)50(11)12)58-43-67(51(13)14)76(80(23)24)68(44-58)52(15)16;2-1(3,4)5;/h25-52H,1-24H3;(H,2,3,4,5);/q;;+1/p-1. The first kappa shape index (κ1) is 72.2. The van der Waals surface area contributed by atoms with Crippen LogP contribution in [0.15, 0.2) is 121 Å². The number of benzene rings is 8. The Hall–Kier alpha value is -4.91. The van der Waals surface area contributed by atoms with Gasteiger partial charge >= 0.3 is 19.5 Å². The molecule has 0 aliphatic rings. The van der Waals surface area contributed by atoms with Gasteiger partial charge in [-0.15, -0.1) is 10.2 Å². The third-order valence-electron chi connectivity index (χ3n) is 17.0. The molecule has 0 spiro atoms. The zero-order valence-corrected chi connectivity index (χ0v) is 61.4. The van der Waals surface area contributed by atoms with Crippen LogP contribution in [0.2, 0.25) is 0 Å². The van der Waals surface area contributed by atoms with Crippen molar-refractivity contribution in [2.45, 2.75) is 158 Å². The first-order valence-electron chi connectivity index (χ1n) is 31.3. The summed E-state index contributed by atoms with van der Waals surface area (Å²) in [5.74, 6) is 2.56. The van der Waals surface area contributed by atoms with Gasteiger partial charge < -0.3 is 19.6 Å². The maximum absolute atomic E-state index is 8.49. The molecule has 474 valence electrons. The van der Waals surface area contributed by atoms with Crippen LogP contribution < -0.4 is 70.1 Å². The summed E-state index contributed by atoms with van der Waals surface area (Å²) in [7, 11) is 10.6. The molecule has 8 nitrogen and oxygen atoms in total. The van der Waals surface area contributed by atoms with Crippen LogP contribution >= 0.6 is 15.8 Å². The fourth-order valence-corrected chi connectivity index (χ4v) is 18.2. The normalized spacial score (nSPS) is 12.1. The Balaban J connectivity index is 0.00000198. The molecule has 0 aliphatic heterocycles. The SMILES string of the molecule is CC(C)c1cc(P(c2cc(C(C)C)c(N(C)C)c(C(C)C)c2)c2ccc3ccccc3c2-c2c(P(c3cc(C(C)C)c(N(C)C)c(C(C)C)c3)c3cc(C(C)C)c(N(C)C)c(C(C)C)c3)ccc3ccccc23)cc(C(C)C)c1N(C)C.[O-][Cl+3]([O-])([O-])[O-].[Rh+]. The Bertz CT molecular complexity index is 3220. The largest absolute Gasteiger partial charge is 1.00 e. The molecular formula is C76H100ClN4O4P2Rh. The van der Waals surface area contributed by atoms with E-state index in [0.717, 1.165) is 0 Å². The molecule has 8 aromatic carbocycles. The average Bonchev–Trinajstić information content (AvgIpc) is 3.41. The second-order valence-corrected chi connectivity index (χ2v) is 32.2. The number of fused-ring (bicyclic) bond motifs is 2. The van der Waals surface area contributed by atoms with Crippen molar-refractivity contribution in [2.75, 3.05) is 76.0 Å². The molecule has 0 aromatic heterocycles. The summed E-state index contributed by atoms with van der Waals surface area (Å²) in [4.78, 5) is 9.51. The van der Waals surface area contributed by atoms with E-state index >= 15 is 0 Å². The Morgan fingerprint density at radius 1 is 0.295 bits per heavy atom. The molecule has 0 aliphatic carbocycles. The second kappa shape index (κ2) is 29.6. The minimum Gasteiger partial charge on any atom is -0.377 e. The fraction of sp³-hybridized carbons (Fsp3) is 0.421. The predicted molar refractivity (Wildman–Crippen MR) is 374 cm³/mol. The zero-order chi connectivity index (χ0) is 64.6. The first-order valence-corrected chi connectivity index (χ1v) is 35.2. The number of nitrogens with zero attached hydrogens (tertiary/aromatic N) is 4. The summed E-state index contributed by atoms with van der Waals surface area (Å²) in [5.41, 5.74) is 19.5. The zero-order valence-electron chi connectivity index (χ0n) is 57.2. The van der Waals surface area contributed by atoms with Crippen LogP contribution in [0.1, 0.15) is 203 Å². The van der Waals surface area contributed by atoms with Crippen LogP contribution in [-0.2, 0) is 19.5 Å². The van der Waals surface area contributed by atoms with Gasteiger partial charge in [-0.05, 0) is 221 Å². The quantitative estimate of drug-likeness (QED) is 0.0582. The molecule has 0 fully saturated rings. The van der Waals surface area contributed by atoms with Crippen molar-refractivity contribution in [3.05, 3.63) is 166 Å². The molecule has 0 saturated heterocycles. The predicted octanol–water partition coefficient (Wildman–Crippen LogP) is 13.7. The molecule has 88 heavy (non-hydrogen) atoms. The van der Waals surface area contributed by atoms with E-state index in [1.165, 1.54) is 132 Å². The third-order valence-corrected chi connectivity index (χ3v) is 21.8. The third kappa shape index (κ3) is 15.5. The van der Waals surface area contributed by atoms with E-state index in [4.69, 9.17) is 18.6 Å². The van der Waals surface area contributed by atoms with Gasteiger partial charge in [0.2, 0.25) is 0 Å². The van der Waals surface area contributed by atoms with Crippen LogP contribution in [0.4, 0.5) is 22.7 Å². The van der Waals surface area contributed by atoms with E-state index in [2.05, 4.69) is 308 Å². The molecule has 0 amide bonds. The van der Waals surface area contributed by atoms with E-state index in [-0.39, 0.29) is 19.5 Å². The summed E-state index contributed by atoms with van der Waals surface area (Å²) < 4.78 is 34.0. The average molecular weight is 1330 g/mol. The summed E-state index contributed by atoms with van der Waals surface area (Å²) >= 11 is 0. The van der Waals surface area contributed by atoms with Crippen molar-refractivity contribution in [3.63, 3.8) is 0 Å². The van der Waals surface area contributed by atoms with Gasteiger partial charge in [0.05, 0.1) is 0 Å². The maximum Gasteiger partial charge on any atom is 1.00 e. The van der Waals surface area contributed by atoms with Gasteiger partial charge in [0.1, 0.15) is 0 Å². The van der Waals surface area contributed by atoms with Crippen LogP contribution in [0.3, 0.4) is 0 Å². The minimum absolute atomic E-state index is 0. The molecule has 8 rings (SSSR count). The van der Waals surface area contributed by atoms with E-state index in [0.29, 0.717) is 47.3 Å². The molecular weight excluding hydrogens is 1230 g/mol. The molecule has 0 heterocycles. The van der Waals surface area contributed by atoms with E-state index < -0.39 is 26.1 Å². The molecule has 0 radical (unpaired) electrons. The molecule has 8 aromatic rings. The van der Waals surface area contributed by atoms with E-state index in [1.54, 1.807) is 0 Å². The van der Waals surface area contributed by atoms with E-state index in [1.807, 2.05) is 0 Å². The number of hydrogen-bond acceptors (Lipinski definition) is 8. The summed E-state index contributed by atoms with van der Waals surface area (Å²) in [6, 6.07) is 49.8. The smallest absolute Gasteiger partial charge is 0.377 e. The minimum atomic E-state index is -4.94. The van der Waals surface area contributed by atoms with Gasteiger partial charge in [-0.25, -0.2) is 18.6 Å². The van der Waals surface area contributed by atoms with Crippen molar-refractivity contribution >= 4 is 92.0 Å². The fourth-order valence-electron chi connectivity index (χ4n) is 13.0. The van der Waals surface area contributed by atoms with Gasteiger partial charge in [-0.2, -0.15) is 0 Å². The van der Waals surface area contributed by atoms with Crippen molar-refractivity contribution in [2.24, 2.45) is 0 Å². The summed E-state index contributed by atoms with van der Waals surface area (Å²) in [5, 5.41) is 13.6. The van der Waals surface area contributed by atoms with Gasteiger partial charge in [0.15, 0.2) is 0 Å². The van der Waals surface area contributed by atoms with Crippen molar-refractivity contribution in [3.8, 4) is 11.1 Å². The van der Waals surface area contributed by atoms with Crippen molar-refractivity contribution in [1.29, 1.82) is 0 Å². The monoisotopic (exact) mass is 1330 g/mol. The number of halogens is 1. The van der Waals surface area contributed by atoms with Gasteiger partial charge in [0.25, 0.3) is 0 Å². The van der Waals surface area contributed by atoms with Crippen LogP contribution in [0.5, 0.6) is 0 Å². The van der Waals surface area contributed by atoms with E-state index in [9.17, 15) is 0 Å². The van der Waals surface area contributed by atoms with Crippen LogP contribution in [0, 0.1) is 10.2 Å². The molecule has 0 atom stereocenters. The first-order chi connectivity index (χ1) is 40.7. The molecule has 0 saturated carbocycles. The topological polar surface area (TPSA) is 105 Å².